The fraction of sp³-hybridized carbons (Fsp3) is 0.500. The third kappa shape index (κ3) is 9.12. The number of unbranched alkanes of at least 4 members (excludes halogenated alkanes) is 6. The first-order valence-corrected chi connectivity index (χ1v) is 8.29. The van der Waals surface area contributed by atoms with E-state index in [1.54, 1.807) is 0 Å². The van der Waals surface area contributed by atoms with E-state index in [1.165, 1.54) is 49.7 Å². The molecule has 0 amide bonds. The Balaban J connectivity index is 2.07. The Kier molecular flexibility index (Phi) is 9.35. The van der Waals surface area contributed by atoms with E-state index in [-0.39, 0.29) is 0 Å². The molecule has 0 fully saturated rings. The van der Waals surface area contributed by atoms with Crippen LogP contribution in [0.1, 0.15) is 63.0 Å². The Bertz CT molecular complexity index is 414. The molecular weight excluding hydrogens is 256 g/mol. The van der Waals surface area contributed by atoms with Crippen LogP contribution in [0.15, 0.2) is 42.7 Å². The average molecular weight is 286 g/mol. The number of ether oxygens (including phenoxy) is 1. The van der Waals surface area contributed by atoms with Gasteiger partial charge in [0.05, 0.1) is 6.61 Å². The zero-order chi connectivity index (χ0) is 15.3. The first-order chi connectivity index (χ1) is 10.2. The van der Waals surface area contributed by atoms with Crippen molar-refractivity contribution in [1.82, 2.24) is 0 Å². The standard InChI is InChI=1S/C20H30O/c1-4-5-6-7-8-9-10-17-21-19(3)13-16-20-14-11-18(2)12-15-20/h11-16H,3-10,17H2,1-2H3/b16-13+. The van der Waals surface area contributed by atoms with Crippen molar-refractivity contribution in [2.45, 2.75) is 58.8 Å². The number of aryl methyl sites for hydroxylation is 1. The van der Waals surface area contributed by atoms with E-state index in [0.717, 1.165) is 18.8 Å². The zero-order valence-electron chi connectivity index (χ0n) is 13.7. The van der Waals surface area contributed by atoms with Crippen molar-refractivity contribution in [3.05, 3.63) is 53.8 Å². The number of hydrogen-bond donors (Lipinski definition) is 0. The summed E-state index contributed by atoms with van der Waals surface area (Å²) in [6.07, 6.45) is 13.1. The summed E-state index contributed by atoms with van der Waals surface area (Å²) >= 11 is 0. The summed E-state index contributed by atoms with van der Waals surface area (Å²) in [5.41, 5.74) is 2.46. The molecular formula is C20H30O. The van der Waals surface area contributed by atoms with Gasteiger partial charge in [0.2, 0.25) is 0 Å². The molecule has 1 aromatic rings. The quantitative estimate of drug-likeness (QED) is 0.264. The second kappa shape index (κ2) is 11.2. The van der Waals surface area contributed by atoms with Gasteiger partial charge in [-0.25, -0.2) is 0 Å². The fourth-order valence-corrected chi connectivity index (χ4v) is 2.18. The topological polar surface area (TPSA) is 9.23 Å². The molecule has 0 bridgehead atoms. The van der Waals surface area contributed by atoms with E-state index in [2.05, 4.69) is 44.7 Å². The molecule has 0 aromatic heterocycles. The molecule has 0 heterocycles. The van der Waals surface area contributed by atoms with Crippen LogP contribution in [-0.4, -0.2) is 6.61 Å². The summed E-state index contributed by atoms with van der Waals surface area (Å²) in [6.45, 7) is 9.07. The lowest BCUT2D eigenvalue weighted by atomic mass is 10.1. The van der Waals surface area contributed by atoms with Gasteiger partial charge in [-0.1, -0.05) is 87.9 Å². The van der Waals surface area contributed by atoms with Crippen molar-refractivity contribution in [1.29, 1.82) is 0 Å². The van der Waals surface area contributed by atoms with Gasteiger partial charge in [0.1, 0.15) is 5.76 Å². The number of allylic oxidation sites excluding steroid dienone is 1. The summed E-state index contributed by atoms with van der Waals surface area (Å²) < 4.78 is 5.63. The Labute approximate surface area is 130 Å². The Morgan fingerprint density at radius 2 is 1.62 bits per heavy atom. The SMILES string of the molecule is C=C(/C=C/c1ccc(C)cc1)OCCCCCCCCC. The van der Waals surface area contributed by atoms with Gasteiger partial charge < -0.3 is 4.74 Å². The van der Waals surface area contributed by atoms with Gasteiger partial charge in [-0.15, -0.1) is 0 Å². The van der Waals surface area contributed by atoms with Crippen LogP contribution in [-0.2, 0) is 4.74 Å². The predicted molar refractivity (Wildman–Crippen MR) is 93.3 cm³/mol. The molecule has 0 unspecified atom stereocenters. The molecule has 0 atom stereocenters. The van der Waals surface area contributed by atoms with Crippen molar-refractivity contribution in [2.24, 2.45) is 0 Å². The third-order valence-electron chi connectivity index (χ3n) is 3.57. The molecule has 1 aromatic carbocycles. The molecule has 21 heavy (non-hydrogen) atoms. The molecule has 0 aliphatic carbocycles. The number of benzene rings is 1. The van der Waals surface area contributed by atoms with E-state index < -0.39 is 0 Å². The van der Waals surface area contributed by atoms with Gasteiger partial charge in [-0.05, 0) is 25.0 Å². The van der Waals surface area contributed by atoms with E-state index in [1.807, 2.05) is 12.2 Å². The Morgan fingerprint density at radius 1 is 1.00 bits per heavy atom. The molecule has 0 radical (unpaired) electrons. The van der Waals surface area contributed by atoms with Crippen LogP contribution in [0.4, 0.5) is 0 Å². The first kappa shape index (κ1) is 17.6. The van der Waals surface area contributed by atoms with Crippen LogP contribution in [0.3, 0.4) is 0 Å². The van der Waals surface area contributed by atoms with Crippen molar-refractivity contribution >= 4 is 6.08 Å². The van der Waals surface area contributed by atoms with Crippen LogP contribution in [0.25, 0.3) is 6.08 Å². The van der Waals surface area contributed by atoms with Gasteiger partial charge >= 0.3 is 0 Å². The van der Waals surface area contributed by atoms with Crippen molar-refractivity contribution in [3.63, 3.8) is 0 Å². The third-order valence-corrected chi connectivity index (χ3v) is 3.57. The summed E-state index contributed by atoms with van der Waals surface area (Å²) in [5, 5.41) is 0. The Morgan fingerprint density at radius 3 is 2.29 bits per heavy atom. The van der Waals surface area contributed by atoms with Gasteiger partial charge in [-0.3, -0.25) is 0 Å². The van der Waals surface area contributed by atoms with E-state index in [0.29, 0.717) is 0 Å². The van der Waals surface area contributed by atoms with Crippen LogP contribution < -0.4 is 0 Å². The highest BCUT2D eigenvalue weighted by molar-refractivity contribution is 5.52. The van der Waals surface area contributed by atoms with Gasteiger partial charge in [0.15, 0.2) is 0 Å². The summed E-state index contributed by atoms with van der Waals surface area (Å²) in [4.78, 5) is 0. The molecule has 1 heteroatoms. The lowest BCUT2D eigenvalue weighted by Crippen LogP contribution is -1.92. The maximum Gasteiger partial charge on any atom is 0.112 e. The zero-order valence-corrected chi connectivity index (χ0v) is 13.7. The molecule has 1 rings (SSSR count). The maximum atomic E-state index is 5.63. The van der Waals surface area contributed by atoms with E-state index >= 15 is 0 Å². The minimum atomic E-state index is 0.751. The molecule has 116 valence electrons. The summed E-state index contributed by atoms with van der Waals surface area (Å²) in [5.74, 6) is 0.751. The lowest BCUT2D eigenvalue weighted by Gasteiger charge is -2.05. The Hall–Kier alpha value is -1.50. The molecule has 1 nitrogen and oxygen atoms in total. The molecule has 0 saturated carbocycles. The molecule has 0 aliphatic heterocycles. The van der Waals surface area contributed by atoms with Crippen molar-refractivity contribution in [3.8, 4) is 0 Å². The highest BCUT2D eigenvalue weighted by Crippen LogP contribution is 2.09. The second-order valence-electron chi connectivity index (χ2n) is 5.68. The predicted octanol–water partition coefficient (Wildman–Crippen LogP) is 6.29. The summed E-state index contributed by atoms with van der Waals surface area (Å²) in [6, 6.07) is 8.44. The molecule has 0 saturated heterocycles. The lowest BCUT2D eigenvalue weighted by molar-refractivity contribution is 0.218. The van der Waals surface area contributed by atoms with Crippen molar-refractivity contribution < 1.29 is 4.74 Å². The monoisotopic (exact) mass is 286 g/mol. The fourth-order valence-electron chi connectivity index (χ4n) is 2.18. The molecule has 0 N–H and O–H groups in total. The minimum absolute atomic E-state index is 0.751. The second-order valence-corrected chi connectivity index (χ2v) is 5.68. The highest BCUT2D eigenvalue weighted by Gasteiger charge is 1.93. The van der Waals surface area contributed by atoms with Crippen molar-refractivity contribution in [2.75, 3.05) is 6.61 Å². The van der Waals surface area contributed by atoms with E-state index in [9.17, 15) is 0 Å². The first-order valence-electron chi connectivity index (χ1n) is 8.29. The number of hydrogen-bond acceptors (Lipinski definition) is 1. The van der Waals surface area contributed by atoms with Gasteiger partial charge in [-0.2, -0.15) is 0 Å². The van der Waals surface area contributed by atoms with Crippen LogP contribution in [0.2, 0.25) is 0 Å². The molecule has 0 spiro atoms. The largest absolute Gasteiger partial charge is 0.494 e. The van der Waals surface area contributed by atoms with Crippen LogP contribution in [0.5, 0.6) is 0 Å². The van der Waals surface area contributed by atoms with E-state index in [4.69, 9.17) is 4.74 Å². The number of rotatable bonds is 11. The molecule has 0 aliphatic rings. The average Bonchev–Trinajstić information content (AvgIpc) is 2.49. The van der Waals surface area contributed by atoms with Crippen LogP contribution in [0, 0.1) is 6.92 Å². The van der Waals surface area contributed by atoms with Gasteiger partial charge in [0.25, 0.3) is 0 Å². The van der Waals surface area contributed by atoms with Gasteiger partial charge in [0, 0.05) is 0 Å². The normalized spacial score (nSPS) is 11.0. The smallest absolute Gasteiger partial charge is 0.112 e. The van der Waals surface area contributed by atoms with Crippen LogP contribution >= 0.6 is 0 Å². The summed E-state index contributed by atoms with van der Waals surface area (Å²) in [7, 11) is 0. The minimum Gasteiger partial charge on any atom is -0.494 e. The maximum absolute atomic E-state index is 5.63. The highest BCUT2D eigenvalue weighted by atomic mass is 16.5.